The average molecular weight is 516 g/mol. The highest BCUT2D eigenvalue weighted by Gasteiger charge is 2.32. The molecule has 3 atom stereocenters. The van der Waals surface area contributed by atoms with E-state index in [-0.39, 0.29) is 12.8 Å². The number of hydrogen-bond acceptors (Lipinski definition) is 10. The minimum absolute atomic E-state index is 0.0976. The molecular weight excluding hydrogens is 474 g/mol. The third kappa shape index (κ3) is 16.7. The molecule has 0 heterocycles. The molecule has 36 heavy (non-hydrogen) atoms. The zero-order chi connectivity index (χ0) is 28.3. The molecule has 0 fully saturated rings. The number of ether oxygens (including phenoxy) is 3. The number of hydrogen-bond donors (Lipinski definition) is 3. The summed E-state index contributed by atoms with van der Waals surface area (Å²) in [6, 6.07) is -2.52. The minimum Gasteiger partial charge on any atom is -0.460 e. The van der Waals surface area contributed by atoms with E-state index in [0.717, 1.165) is 0 Å². The topological polar surface area (TPSA) is 189 Å². The highest BCUT2D eigenvalue weighted by atomic mass is 16.6. The Balaban J connectivity index is 5.57. The van der Waals surface area contributed by atoms with Crippen LogP contribution in [0.25, 0.3) is 10.4 Å². The molecule has 0 aliphatic heterocycles. The first-order valence-electron chi connectivity index (χ1n) is 11.6. The molecule has 0 saturated heterocycles. The van der Waals surface area contributed by atoms with Crippen molar-refractivity contribution in [2.45, 2.75) is 117 Å². The SMILES string of the molecule is CC(C)(C)OC(=O)CC[C@H](NC(=O)C[C@H](NC(O)CN=[N+]=[N-])C(=O)OC(C)(C)C)C(=O)OC(C)(C)C. The lowest BCUT2D eigenvalue weighted by Crippen LogP contribution is -2.51. The van der Waals surface area contributed by atoms with Crippen LogP contribution in [-0.4, -0.2) is 70.6 Å². The molecule has 1 amide bonds. The predicted octanol–water partition coefficient (Wildman–Crippen LogP) is 2.25. The van der Waals surface area contributed by atoms with Gasteiger partial charge < -0.3 is 24.6 Å². The number of aliphatic hydroxyl groups excluding tert-OH is 1. The third-order valence-electron chi connectivity index (χ3n) is 3.88. The lowest BCUT2D eigenvalue weighted by atomic mass is 10.1. The number of esters is 3. The second-order valence-electron chi connectivity index (χ2n) is 11.2. The van der Waals surface area contributed by atoms with E-state index in [1.807, 2.05) is 0 Å². The van der Waals surface area contributed by atoms with E-state index >= 15 is 0 Å². The molecule has 13 heteroatoms. The Bertz CT molecular complexity index is 820. The summed E-state index contributed by atoms with van der Waals surface area (Å²) in [4.78, 5) is 52.8. The number of nitrogens with zero attached hydrogens (tertiary/aromatic N) is 3. The van der Waals surface area contributed by atoms with Gasteiger partial charge in [-0.2, -0.15) is 0 Å². The van der Waals surface area contributed by atoms with Gasteiger partial charge in [0.1, 0.15) is 35.1 Å². The second kappa shape index (κ2) is 14.0. The van der Waals surface area contributed by atoms with Crippen LogP contribution in [0.3, 0.4) is 0 Å². The quantitative estimate of drug-likeness (QED) is 0.0874. The summed E-state index contributed by atoms with van der Waals surface area (Å²) in [6.45, 7) is 14.6. The molecule has 0 aromatic carbocycles. The third-order valence-corrected chi connectivity index (χ3v) is 3.88. The molecule has 0 aliphatic rings. The van der Waals surface area contributed by atoms with Gasteiger partial charge in [0.25, 0.3) is 0 Å². The van der Waals surface area contributed by atoms with Crippen molar-refractivity contribution < 1.29 is 38.5 Å². The van der Waals surface area contributed by atoms with E-state index in [4.69, 9.17) is 19.7 Å². The van der Waals surface area contributed by atoms with Crippen LogP contribution in [0.5, 0.6) is 0 Å². The maximum absolute atomic E-state index is 12.8. The smallest absolute Gasteiger partial charge is 0.329 e. The van der Waals surface area contributed by atoms with Gasteiger partial charge in [-0.05, 0) is 74.3 Å². The second-order valence-corrected chi connectivity index (χ2v) is 11.2. The Morgan fingerprint density at radius 1 is 0.861 bits per heavy atom. The van der Waals surface area contributed by atoms with Gasteiger partial charge in [0, 0.05) is 11.3 Å². The zero-order valence-electron chi connectivity index (χ0n) is 22.7. The van der Waals surface area contributed by atoms with Gasteiger partial charge in [-0.1, -0.05) is 5.11 Å². The summed E-state index contributed by atoms with van der Waals surface area (Å²) in [6.07, 6.45) is -2.21. The van der Waals surface area contributed by atoms with Crippen LogP contribution in [0.4, 0.5) is 0 Å². The van der Waals surface area contributed by atoms with E-state index in [2.05, 4.69) is 20.7 Å². The highest BCUT2D eigenvalue weighted by Crippen LogP contribution is 2.15. The largest absolute Gasteiger partial charge is 0.460 e. The Labute approximate surface area is 212 Å². The van der Waals surface area contributed by atoms with Crippen molar-refractivity contribution in [1.29, 1.82) is 0 Å². The first-order valence-corrected chi connectivity index (χ1v) is 11.6. The minimum atomic E-state index is -1.43. The Morgan fingerprint density at radius 2 is 1.33 bits per heavy atom. The van der Waals surface area contributed by atoms with Crippen LogP contribution >= 0.6 is 0 Å². The number of nitrogens with one attached hydrogen (secondary N) is 2. The van der Waals surface area contributed by atoms with Gasteiger partial charge in [-0.25, -0.2) is 4.79 Å². The van der Waals surface area contributed by atoms with E-state index in [0.29, 0.717) is 0 Å². The summed E-state index contributed by atoms with van der Waals surface area (Å²) in [5.74, 6) is -2.89. The number of aliphatic hydroxyl groups is 1. The molecule has 0 aliphatic carbocycles. The highest BCUT2D eigenvalue weighted by molar-refractivity contribution is 5.89. The van der Waals surface area contributed by atoms with E-state index < -0.39 is 71.9 Å². The van der Waals surface area contributed by atoms with Crippen molar-refractivity contribution in [2.24, 2.45) is 5.11 Å². The van der Waals surface area contributed by atoms with Gasteiger partial charge in [0.05, 0.1) is 13.0 Å². The van der Waals surface area contributed by atoms with Crippen LogP contribution in [0.15, 0.2) is 5.11 Å². The molecule has 0 spiro atoms. The standard InChI is InChI=1S/C23H41N5O8/c1-21(2,3)34-18(31)11-10-14(19(32)35-22(4,5)6)26-16(29)12-15(20(33)36-23(7,8)9)27-17(30)13-25-28-24/h14-15,17,27,30H,10-13H2,1-9H3,(H,26,29)/t14-,15-,17?/m0/s1. The molecule has 0 rings (SSSR count). The van der Waals surface area contributed by atoms with Crippen molar-refractivity contribution in [3.63, 3.8) is 0 Å². The molecule has 206 valence electrons. The Morgan fingerprint density at radius 3 is 1.78 bits per heavy atom. The molecule has 0 aromatic heterocycles. The number of carbonyl (C=O) groups excluding carboxylic acids is 4. The molecule has 13 nitrogen and oxygen atoms in total. The zero-order valence-corrected chi connectivity index (χ0v) is 22.7. The summed E-state index contributed by atoms with van der Waals surface area (Å²) >= 11 is 0. The fraction of sp³-hybridized carbons (Fsp3) is 0.826. The lowest BCUT2D eigenvalue weighted by Gasteiger charge is -2.27. The van der Waals surface area contributed by atoms with Crippen molar-refractivity contribution in [1.82, 2.24) is 10.6 Å². The monoisotopic (exact) mass is 515 g/mol. The number of carbonyl (C=O) groups is 4. The molecule has 0 radical (unpaired) electrons. The molecule has 0 bridgehead atoms. The van der Waals surface area contributed by atoms with Gasteiger partial charge in [-0.3, -0.25) is 19.7 Å². The Hall–Kier alpha value is -2.89. The maximum Gasteiger partial charge on any atom is 0.329 e. The fourth-order valence-corrected chi connectivity index (χ4v) is 2.70. The number of amides is 1. The number of azide groups is 1. The number of rotatable bonds is 12. The summed E-state index contributed by atoms with van der Waals surface area (Å²) in [7, 11) is 0. The predicted molar refractivity (Wildman–Crippen MR) is 130 cm³/mol. The molecule has 1 unspecified atom stereocenters. The summed E-state index contributed by atoms with van der Waals surface area (Å²) in [5, 5.41) is 18.2. The first-order chi connectivity index (χ1) is 16.2. The van der Waals surface area contributed by atoms with Crippen LogP contribution in [0, 0.1) is 0 Å². The molecule has 0 saturated carbocycles. The van der Waals surface area contributed by atoms with Gasteiger partial charge in [-0.15, -0.1) is 0 Å². The lowest BCUT2D eigenvalue weighted by molar-refractivity contribution is -0.160. The van der Waals surface area contributed by atoms with Crippen molar-refractivity contribution in [3.05, 3.63) is 10.4 Å². The van der Waals surface area contributed by atoms with Crippen molar-refractivity contribution in [2.75, 3.05) is 6.54 Å². The summed E-state index contributed by atoms with van der Waals surface area (Å²) < 4.78 is 15.9. The Kier molecular flexibility index (Phi) is 12.9. The van der Waals surface area contributed by atoms with Crippen LogP contribution < -0.4 is 10.6 Å². The maximum atomic E-state index is 12.8. The van der Waals surface area contributed by atoms with Crippen LogP contribution in [0.2, 0.25) is 0 Å². The van der Waals surface area contributed by atoms with Crippen LogP contribution in [0.1, 0.15) is 81.6 Å². The van der Waals surface area contributed by atoms with Gasteiger partial charge in [0.2, 0.25) is 5.91 Å². The van der Waals surface area contributed by atoms with Gasteiger partial charge >= 0.3 is 17.9 Å². The first kappa shape index (κ1) is 33.1. The van der Waals surface area contributed by atoms with Crippen molar-refractivity contribution in [3.8, 4) is 0 Å². The van der Waals surface area contributed by atoms with Gasteiger partial charge in [0.15, 0.2) is 0 Å². The van der Waals surface area contributed by atoms with E-state index in [9.17, 15) is 24.3 Å². The summed E-state index contributed by atoms with van der Waals surface area (Å²) in [5.41, 5.74) is 5.98. The van der Waals surface area contributed by atoms with E-state index in [1.165, 1.54) is 0 Å². The van der Waals surface area contributed by atoms with E-state index in [1.54, 1.807) is 62.3 Å². The molecule has 3 N–H and O–H groups in total. The normalized spacial score (nSPS) is 14.5. The average Bonchev–Trinajstić information content (AvgIpc) is 2.64. The van der Waals surface area contributed by atoms with Crippen LogP contribution in [-0.2, 0) is 33.4 Å². The fourth-order valence-electron chi connectivity index (χ4n) is 2.70. The molecular formula is C23H41N5O8. The van der Waals surface area contributed by atoms with Crippen molar-refractivity contribution >= 4 is 23.8 Å². The molecule has 0 aromatic rings.